The van der Waals surface area contributed by atoms with Gasteiger partial charge in [-0.05, 0) is 43.0 Å². The van der Waals surface area contributed by atoms with Crippen molar-refractivity contribution in [1.82, 2.24) is 0 Å². The minimum Gasteiger partial charge on any atom is -0.491 e. The quantitative estimate of drug-likeness (QED) is 0.794. The summed E-state index contributed by atoms with van der Waals surface area (Å²) in [5, 5.41) is 3.63. The van der Waals surface area contributed by atoms with Crippen LogP contribution in [0.25, 0.3) is 0 Å². The molecule has 106 valence electrons. The van der Waals surface area contributed by atoms with Gasteiger partial charge in [-0.2, -0.15) is 0 Å². The van der Waals surface area contributed by atoms with E-state index in [2.05, 4.69) is 24.4 Å². The third-order valence-electron chi connectivity index (χ3n) is 3.72. The fourth-order valence-corrected chi connectivity index (χ4v) is 2.69. The first-order valence-corrected chi connectivity index (χ1v) is 7.26. The first-order chi connectivity index (χ1) is 9.28. The number of benzene rings is 1. The Balaban J connectivity index is 1.81. The minimum absolute atomic E-state index is 0.601. The number of ether oxygens (including phenoxy) is 2. The Kier molecular flexibility index (Phi) is 5.52. The minimum atomic E-state index is 0.601. The average Bonchev–Trinajstić information content (AvgIpc) is 2.41. The lowest BCUT2D eigenvalue weighted by atomic mass is 9.87. The highest BCUT2D eigenvalue weighted by Gasteiger charge is 2.18. The molecule has 0 bridgehead atoms. The zero-order valence-corrected chi connectivity index (χ0v) is 12.0. The molecule has 1 saturated carbocycles. The largest absolute Gasteiger partial charge is 0.491 e. The molecule has 1 aromatic rings. The van der Waals surface area contributed by atoms with E-state index in [9.17, 15) is 0 Å². The second kappa shape index (κ2) is 7.39. The number of hydrogen-bond donors (Lipinski definition) is 1. The second-order valence-electron chi connectivity index (χ2n) is 5.48. The van der Waals surface area contributed by atoms with Crippen LogP contribution in [-0.4, -0.2) is 26.4 Å². The molecule has 1 fully saturated rings. The third kappa shape index (κ3) is 4.75. The Morgan fingerprint density at radius 3 is 2.63 bits per heavy atom. The van der Waals surface area contributed by atoms with Gasteiger partial charge in [0.1, 0.15) is 12.4 Å². The molecule has 1 aromatic carbocycles. The smallest absolute Gasteiger partial charge is 0.119 e. The van der Waals surface area contributed by atoms with Crippen molar-refractivity contribution < 1.29 is 9.47 Å². The summed E-state index contributed by atoms with van der Waals surface area (Å²) in [6.07, 6.45) is 5.30. The highest BCUT2D eigenvalue weighted by Crippen LogP contribution is 2.26. The van der Waals surface area contributed by atoms with E-state index < -0.39 is 0 Å². The van der Waals surface area contributed by atoms with E-state index in [1.165, 1.54) is 31.4 Å². The van der Waals surface area contributed by atoms with Crippen molar-refractivity contribution in [1.29, 1.82) is 0 Å². The van der Waals surface area contributed by atoms with Gasteiger partial charge >= 0.3 is 0 Å². The number of anilines is 1. The predicted octanol–water partition coefficient (Wildman–Crippen LogP) is 3.70. The molecule has 0 amide bonds. The molecule has 3 heteroatoms. The molecule has 1 aliphatic carbocycles. The van der Waals surface area contributed by atoms with E-state index in [4.69, 9.17) is 9.47 Å². The maximum Gasteiger partial charge on any atom is 0.119 e. The molecule has 1 aliphatic rings. The molecule has 2 unspecified atom stereocenters. The number of rotatable bonds is 6. The Bertz CT molecular complexity index is 364. The summed E-state index contributed by atoms with van der Waals surface area (Å²) in [7, 11) is 1.68. The molecule has 0 aromatic heterocycles. The summed E-state index contributed by atoms with van der Waals surface area (Å²) in [5.74, 6) is 1.75. The highest BCUT2D eigenvalue weighted by molar-refractivity contribution is 5.47. The van der Waals surface area contributed by atoms with Gasteiger partial charge < -0.3 is 14.8 Å². The van der Waals surface area contributed by atoms with Gasteiger partial charge in [0.15, 0.2) is 0 Å². The lowest BCUT2D eigenvalue weighted by molar-refractivity contribution is 0.146. The maximum atomic E-state index is 5.56. The van der Waals surface area contributed by atoms with Crippen molar-refractivity contribution in [2.24, 2.45) is 5.92 Å². The van der Waals surface area contributed by atoms with Gasteiger partial charge in [-0.1, -0.05) is 19.8 Å². The molecule has 3 nitrogen and oxygen atoms in total. The first kappa shape index (κ1) is 14.2. The lowest BCUT2D eigenvalue weighted by Gasteiger charge is -2.28. The number of nitrogens with one attached hydrogen (secondary N) is 1. The van der Waals surface area contributed by atoms with E-state index in [-0.39, 0.29) is 0 Å². The van der Waals surface area contributed by atoms with Gasteiger partial charge in [-0.25, -0.2) is 0 Å². The Hall–Kier alpha value is -1.22. The molecule has 0 spiro atoms. The van der Waals surface area contributed by atoms with Gasteiger partial charge in [0.25, 0.3) is 0 Å². The van der Waals surface area contributed by atoms with E-state index in [1.807, 2.05) is 12.1 Å². The lowest BCUT2D eigenvalue weighted by Crippen LogP contribution is -2.26. The Morgan fingerprint density at radius 2 is 1.95 bits per heavy atom. The molecule has 0 saturated heterocycles. The van der Waals surface area contributed by atoms with Crippen LogP contribution in [0.2, 0.25) is 0 Å². The van der Waals surface area contributed by atoms with E-state index in [0.29, 0.717) is 19.3 Å². The summed E-state index contributed by atoms with van der Waals surface area (Å²) >= 11 is 0. The summed E-state index contributed by atoms with van der Waals surface area (Å²) in [5.41, 5.74) is 1.19. The van der Waals surface area contributed by atoms with Crippen LogP contribution in [0.4, 0.5) is 5.69 Å². The fourth-order valence-electron chi connectivity index (χ4n) is 2.69. The van der Waals surface area contributed by atoms with Crippen molar-refractivity contribution in [2.75, 3.05) is 25.6 Å². The summed E-state index contributed by atoms with van der Waals surface area (Å²) in [4.78, 5) is 0. The molecular weight excluding hydrogens is 238 g/mol. The van der Waals surface area contributed by atoms with Crippen LogP contribution in [0.1, 0.15) is 32.6 Å². The van der Waals surface area contributed by atoms with E-state index in [1.54, 1.807) is 7.11 Å². The number of methoxy groups -OCH3 is 1. The van der Waals surface area contributed by atoms with Crippen LogP contribution >= 0.6 is 0 Å². The van der Waals surface area contributed by atoms with Gasteiger partial charge in [0, 0.05) is 18.8 Å². The summed E-state index contributed by atoms with van der Waals surface area (Å²) in [6.45, 7) is 3.57. The Labute approximate surface area is 116 Å². The van der Waals surface area contributed by atoms with Gasteiger partial charge in [-0.15, -0.1) is 0 Å². The van der Waals surface area contributed by atoms with E-state index in [0.717, 1.165) is 11.7 Å². The molecule has 1 N–H and O–H groups in total. The summed E-state index contributed by atoms with van der Waals surface area (Å²) in [6, 6.07) is 8.86. The van der Waals surface area contributed by atoms with Crippen LogP contribution in [0.3, 0.4) is 0 Å². The van der Waals surface area contributed by atoms with Gasteiger partial charge in [0.2, 0.25) is 0 Å². The molecule has 19 heavy (non-hydrogen) atoms. The van der Waals surface area contributed by atoms with Crippen LogP contribution in [-0.2, 0) is 4.74 Å². The van der Waals surface area contributed by atoms with Crippen molar-refractivity contribution in [2.45, 2.75) is 38.6 Å². The molecule has 0 heterocycles. The van der Waals surface area contributed by atoms with Crippen LogP contribution in [0, 0.1) is 5.92 Å². The fraction of sp³-hybridized carbons (Fsp3) is 0.625. The molecule has 0 aliphatic heterocycles. The van der Waals surface area contributed by atoms with Gasteiger partial charge in [0.05, 0.1) is 6.61 Å². The number of hydrogen-bond acceptors (Lipinski definition) is 3. The SMILES string of the molecule is COCCOc1ccc(NC2CCCC(C)C2)cc1. The maximum absolute atomic E-state index is 5.56. The normalized spacial score (nSPS) is 23.1. The molecule has 0 radical (unpaired) electrons. The second-order valence-corrected chi connectivity index (χ2v) is 5.48. The average molecular weight is 263 g/mol. The third-order valence-corrected chi connectivity index (χ3v) is 3.72. The highest BCUT2D eigenvalue weighted by atomic mass is 16.5. The summed E-state index contributed by atoms with van der Waals surface area (Å²) < 4.78 is 10.5. The van der Waals surface area contributed by atoms with Crippen LogP contribution < -0.4 is 10.1 Å². The van der Waals surface area contributed by atoms with Crippen LogP contribution in [0.15, 0.2) is 24.3 Å². The standard InChI is InChI=1S/C16H25NO2/c1-13-4-3-5-15(12-13)17-14-6-8-16(9-7-14)19-11-10-18-2/h6-9,13,15,17H,3-5,10-12H2,1-2H3. The van der Waals surface area contributed by atoms with Gasteiger partial charge in [-0.3, -0.25) is 0 Å². The van der Waals surface area contributed by atoms with Crippen molar-refractivity contribution >= 4 is 5.69 Å². The van der Waals surface area contributed by atoms with E-state index >= 15 is 0 Å². The molecule has 2 atom stereocenters. The van der Waals surface area contributed by atoms with Crippen molar-refractivity contribution in [3.05, 3.63) is 24.3 Å². The Morgan fingerprint density at radius 1 is 1.16 bits per heavy atom. The predicted molar refractivity (Wildman–Crippen MR) is 78.9 cm³/mol. The topological polar surface area (TPSA) is 30.5 Å². The van der Waals surface area contributed by atoms with Crippen molar-refractivity contribution in [3.8, 4) is 5.75 Å². The monoisotopic (exact) mass is 263 g/mol. The molecule has 2 rings (SSSR count). The molecular formula is C16H25NO2. The van der Waals surface area contributed by atoms with Crippen molar-refractivity contribution in [3.63, 3.8) is 0 Å². The zero-order valence-electron chi connectivity index (χ0n) is 12.0. The zero-order chi connectivity index (χ0) is 13.5. The van der Waals surface area contributed by atoms with Crippen LogP contribution in [0.5, 0.6) is 5.75 Å². The first-order valence-electron chi connectivity index (χ1n) is 7.26.